The molecule has 0 radical (unpaired) electrons. The molecule has 0 atom stereocenters. The molecule has 0 saturated carbocycles. The van der Waals surface area contributed by atoms with Crippen LogP contribution in [0.5, 0.6) is 0 Å². The van der Waals surface area contributed by atoms with Crippen LogP contribution in [0.4, 0.5) is 11.7 Å². The van der Waals surface area contributed by atoms with Crippen molar-refractivity contribution in [3.05, 3.63) is 35.5 Å². The van der Waals surface area contributed by atoms with Crippen molar-refractivity contribution in [3.8, 4) is 0 Å². The van der Waals surface area contributed by atoms with Gasteiger partial charge in [-0.3, -0.25) is 0 Å². The lowest BCUT2D eigenvalue weighted by Gasteiger charge is -2.06. The number of carbonyl (C=O) groups is 1. The van der Waals surface area contributed by atoms with E-state index in [0.29, 0.717) is 11.7 Å². The van der Waals surface area contributed by atoms with Gasteiger partial charge in [-0.1, -0.05) is 0 Å². The van der Waals surface area contributed by atoms with E-state index >= 15 is 0 Å². The summed E-state index contributed by atoms with van der Waals surface area (Å²) in [6, 6.07) is 3.48. The standard InChI is InChI=1S/C11H11N3O3/c1-6-3-4-9(17-6)14-10-8(11(15)16)5-12-7(2)13-10/h3-5H,1-2H3,(H,15,16)(H,12,13,14). The molecule has 0 bridgehead atoms. The Kier molecular flexibility index (Phi) is 2.78. The Labute approximate surface area is 97.3 Å². The summed E-state index contributed by atoms with van der Waals surface area (Å²) >= 11 is 0. The average Bonchev–Trinajstić information content (AvgIpc) is 2.63. The van der Waals surface area contributed by atoms with Gasteiger partial charge in [0.1, 0.15) is 17.1 Å². The largest absolute Gasteiger partial charge is 0.477 e. The molecule has 0 fully saturated rings. The second-order valence-corrected chi connectivity index (χ2v) is 3.52. The van der Waals surface area contributed by atoms with E-state index in [-0.39, 0.29) is 11.4 Å². The number of anilines is 2. The predicted octanol–water partition coefficient (Wildman–Crippen LogP) is 2.13. The number of nitrogens with zero attached hydrogens (tertiary/aromatic N) is 2. The quantitative estimate of drug-likeness (QED) is 0.844. The van der Waals surface area contributed by atoms with Crippen LogP contribution in [0.1, 0.15) is 21.9 Å². The molecule has 17 heavy (non-hydrogen) atoms. The summed E-state index contributed by atoms with van der Waals surface area (Å²) in [6.07, 6.45) is 1.27. The van der Waals surface area contributed by atoms with E-state index in [1.165, 1.54) is 6.20 Å². The summed E-state index contributed by atoms with van der Waals surface area (Å²) in [5, 5.41) is 11.8. The van der Waals surface area contributed by atoms with Crippen LogP contribution in [0.3, 0.4) is 0 Å². The molecule has 6 heteroatoms. The van der Waals surface area contributed by atoms with Gasteiger partial charge < -0.3 is 14.8 Å². The zero-order chi connectivity index (χ0) is 12.4. The van der Waals surface area contributed by atoms with Crippen molar-refractivity contribution in [2.24, 2.45) is 0 Å². The molecule has 2 aromatic rings. The molecule has 2 aromatic heterocycles. The molecule has 0 aliphatic heterocycles. The van der Waals surface area contributed by atoms with Crippen LogP contribution in [0.25, 0.3) is 0 Å². The molecule has 0 aromatic carbocycles. The van der Waals surface area contributed by atoms with Crippen LogP contribution in [0.2, 0.25) is 0 Å². The van der Waals surface area contributed by atoms with Crippen LogP contribution in [-0.2, 0) is 0 Å². The summed E-state index contributed by atoms with van der Waals surface area (Å²) < 4.78 is 5.30. The number of carboxylic acids is 1. The Bertz CT molecular complexity index is 563. The third-order valence-corrected chi connectivity index (χ3v) is 2.12. The summed E-state index contributed by atoms with van der Waals surface area (Å²) in [5.41, 5.74) is 0.00431. The Balaban J connectivity index is 2.37. The fourth-order valence-electron chi connectivity index (χ4n) is 1.34. The molecule has 2 rings (SSSR count). The number of hydrogen-bond acceptors (Lipinski definition) is 5. The van der Waals surface area contributed by atoms with Gasteiger partial charge in [-0.15, -0.1) is 0 Å². The zero-order valence-corrected chi connectivity index (χ0v) is 9.39. The lowest BCUT2D eigenvalue weighted by Crippen LogP contribution is -2.06. The monoisotopic (exact) mass is 233 g/mol. The van der Waals surface area contributed by atoms with Crippen LogP contribution >= 0.6 is 0 Å². The fourth-order valence-corrected chi connectivity index (χ4v) is 1.34. The normalized spacial score (nSPS) is 10.2. The molecular weight excluding hydrogens is 222 g/mol. The van der Waals surface area contributed by atoms with Gasteiger partial charge >= 0.3 is 5.97 Å². The van der Waals surface area contributed by atoms with Gasteiger partial charge in [0, 0.05) is 12.3 Å². The zero-order valence-electron chi connectivity index (χ0n) is 9.39. The maximum absolute atomic E-state index is 11.0. The van der Waals surface area contributed by atoms with E-state index < -0.39 is 5.97 Å². The van der Waals surface area contributed by atoms with Crippen molar-refractivity contribution in [1.29, 1.82) is 0 Å². The third-order valence-electron chi connectivity index (χ3n) is 2.12. The minimum absolute atomic E-state index is 0.00431. The molecule has 0 aliphatic rings. The van der Waals surface area contributed by atoms with Crippen molar-refractivity contribution in [2.75, 3.05) is 5.32 Å². The fraction of sp³-hybridized carbons (Fsp3) is 0.182. The number of rotatable bonds is 3. The van der Waals surface area contributed by atoms with Crippen LogP contribution in [0, 0.1) is 13.8 Å². The summed E-state index contributed by atoms with van der Waals surface area (Å²) in [5.74, 6) is 0.800. The highest BCUT2D eigenvalue weighted by molar-refractivity contribution is 5.93. The molecule has 0 unspecified atom stereocenters. The number of aryl methyl sites for hydroxylation is 2. The van der Waals surface area contributed by atoms with Crippen molar-refractivity contribution < 1.29 is 14.3 Å². The SMILES string of the molecule is Cc1ncc(C(=O)O)c(Nc2ccc(C)o2)n1. The van der Waals surface area contributed by atoms with Crippen molar-refractivity contribution >= 4 is 17.7 Å². The number of carboxylic acid groups (broad SMARTS) is 1. The molecule has 2 N–H and O–H groups in total. The number of furan rings is 1. The Morgan fingerprint density at radius 2 is 2.18 bits per heavy atom. The highest BCUT2D eigenvalue weighted by Crippen LogP contribution is 2.20. The Hall–Kier alpha value is -2.37. The molecule has 0 saturated heterocycles. The van der Waals surface area contributed by atoms with E-state index in [0.717, 1.165) is 5.76 Å². The van der Waals surface area contributed by atoms with E-state index in [4.69, 9.17) is 9.52 Å². The highest BCUT2D eigenvalue weighted by Gasteiger charge is 2.13. The lowest BCUT2D eigenvalue weighted by molar-refractivity contribution is 0.0697. The van der Waals surface area contributed by atoms with E-state index in [9.17, 15) is 4.79 Å². The van der Waals surface area contributed by atoms with Gasteiger partial charge in [0.05, 0.1) is 0 Å². The maximum atomic E-state index is 11.0. The van der Waals surface area contributed by atoms with Crippen LogP contribution in [0.15, 0.2) is 22.7 Å². The number of hydrogen-bond donors (Lipinski definition) is 2. The van der Waals surface area contributed by atoms with Gasteiger partial charge in [0.25, 0.3) is 0 Å². The molecule has 0 aliphatic carbocycles. The van der Waals surface area contributed by atoms with Gasteiger partial charge in [-0.25, -0.2) is 14.8 Å². The second-order valence-electron chi connectivity index (χ2n) is 3.52. The first-order valence-electron chi connectivity index (χ1n) is 4.96. The average molecular weight is 233 g/mol. The second kappa shape index (κ2) is 4.25. The molecule has 0 spiro atoms. The number of nitrogens with one attached hydrogen (secondary N) is 1. The van der Waals surface area contributed by atoms with Gasteiger partial charge in [0.15, 0.2) is 11.7 Å². The van der Waals surface area contributed by atoms with E-state index in [2.05, 4.69) is 15.3 Å². The summed E-state index contributed by atoms with van der Waals surface area (Å²) in [6.45, 7) is 3.48. The number of aromatic nitrogens is 2. The van der Waals surface area contributed by atoms with Crippen molar-refractivity contribution in [2.45, 2.75) is 13.8 Å². The topological polar surface area (TPSA) is 88.2 Å². The predicted molar refractivity (Wildman–Crippen MR) is 60.5 cm³/mol. The maximum Gasteiger partial charge on any atom is 0.341 e. The summed E-state index contributed by atoms with van der Waals surface area (Å²) in [4.78, 5) is 18.9. The first-order valence-corrected chi connectivity index (χ1v) is 4.96. The molecule has 2 heterocycles. The smallest absolute Gasteiger partial charge is 0.341 e. The summed E-state index contributed by atoms with van der Waals surface area (Å²) in [7, 11) is 0. The van der Waals surface area contributed by atoms with E-state index in [1.54, 1.807) is 26.0 Å². The van der Waals surface area contributed by atoms with Gasteiger partial charge in [-0.05, 0) is 19.9 Å². The van der Waals surface area contributed by atoms with E-state index in [1.807, 2.05) is 0 Å². The first kappa shape index (κ1) is 11.1. The lowest BCUT2D eigenvalue weighted by atomic mass is 10.3. The van der Waals surface area contributed by atoms with Crippen LogP contribution < -0.4 is 5.32 Å². The van der Waals surface area contributed by atoms with Gasteiger partial charge in [-0.2, -0.15) is 0 Å². The first-order chi connectivity index (χ1) is 8.06. The number of aromatic carboxylic acids is 1. The molecule has 6 nitrogen and oxygen atoms in total. The minimum atomic E-state index is -1.09. The third kappa shape index (κ3) is 2.41. The Morgan fingerprint density at radius 3 is 2.76 bits per heavy atom. The van der Waals surface area contributed by atoms with Crippen molar-refractivity contribution in [1.82, 2.24) is 9.97 Å². The molecular formula is C11H11N3O3. The minimum Gasteiger partial charge on any atom is -0.477 e. The van der Waals surface area contributed by atoms with Crippen LogP contribution in [-0.4, -0.2) is 21.0 Å². The highest BCUT2D eigenvalue weighted by atomic mass is 16.4. The van der Waals surface area contributed by atoms with Gasteiger partial charge in [0.2, 0.25) is 0 Å². The molecule has 0 amide bonds. The molecule has 88 valence electrons. The van der Waals surface area contributed by atoms with Crippen molar-refractivity contribution in [3.63, 3.8) is 0 Å². The Morgan fingerprint density at radius 1 is 1.41 bits per heavy atom.